The predicted octanol–water partition coefficient (Wildman–Crippen LogP) is 3.91. The number of piperazine rings is 1. The minimum Gasteiger partial charge on any atom is -0.491 e. The molecule has 0 spiro atoms. The Hall–Kier alpha value is -2.32. The molecule has 34 heavy (non-hydrogen) atoms. The van der Waals surface area contributed by atoms with Gasteiger partial charge in [-0.2, -0.15) is 5.10 Å². The SMILES string of the molecule is CN1CCN(c2ccc(-n3cc(-c4ccncc4OCC4CCNCC4)cn3)cc2)CC1.Cl.Cl. The predicted molar refractivity (Wildman–Crippen MR) is 142 cm³/mol. The smallest absolute Gasteiger partial charge is 0.145 e. The number of anilines is 1. The van der Waals surface area contributed by atoms with Crippen molar-refractivity contribution >= 4 is 30.5 Å². The number of rotatable bonds is 6. The molecule has 9 heteroatoms. The van der Waals surface area contributed by atoms with Crippen molar-refractivity contribution in [3.8, 4) is 22.6 Å². The van der Waals surface area contributed by atoms with E-state index in [4.69, 9.17) is 4.74 Å². The van der Waals surface area contributed by atoms with Gasteiger partial charge in [-0.15, -0.1) is 24.8 Å². The number of nitrogens with zero attached hydrogens (tertiary/aromatic N) is 5. The highest BCUT2D eigenvalue weighted by molar-refractivity contribution is 5.85. The van der Waals surface area contributed by atoms with E-state index in [-0.39, 0.29) is 24.8 Å². The van der Waals surface area contributed by atoms with Crippen molar-refractivity contribution in [1.82, 2.24) is 25.0 Å². The van der Waals surface area contributed by atoms with Gasteiger partial charge in [0.05, 0.1) is 24.7 Å². The zero-order valence-corrected chi connectivity index (χ0v) is 21.2. The first-order valence-corrected chi connectivity index (χ1v) is 11.6. The number of piperidine rings is 1. The lowest BCUT2D eigenvalue weighted by Crippen LogP contribution is -2.44. The van der Waals surface area contributed by atoms with Crippen molar-refractivity contribution < 1.29 is 4.74 Å². The van der Waals surface area contributed by atoms with E-state index in [9.17, 15) is 0 Å². The minimum atomic E-state index is 0. The number of benzene rings is 1. The van der Waals surface area contributed by atoms with Crippen molar-refractivity contribution in [1.29, 1.82) is 0 Å². The lowest BCUT2D eigenvalue weighted by molar-refractivity contribution is 0.215. The van der Waals surface area contributed by atoms with Crippen molar-refractivity contribution in [2.45, 2.75) is 12.8 Å². The van der Waals surface area contributed by atoms with Crippen LogP contribution >= 0.6 is 24.8 Å². The molecule has 184 valence electrons. The number of ether oxygens (including phenoxy) is 1. The van der Waals surface area contributed by atoms with E-state index in [1.54, 1.807) is 0 Å². The first kappa shape index (κ1) is 26.3. The Balaban J connectivity index is 0.00000162. The summed E-state index contributed by atoms with van der Waals surface area (Å²) in [6, 6.07) is 10.7. The number of hydrogen-bond acceptors (Lipinski definition) is 6. The van der Waals surface area contributed by atoms with Crippen LogP contribution in [-0.4, -0.2) is 72.6 Å². The Morgan fingerprint density at radius 2 is 1.65 bits per heavy atom. The highest BCUT2D eigenvalue weighted by Gasteiger charge is 2.17. The average Bonchev–Trinajstić information content (AvgIpc) is 3.34. The highest BCUT2D eigenvalue weighted by Crippen LogP contribution is 2.30. The van der Waals surface area contributed by atoms with Crippen LogP contribution in [0.25, 0.3) is 16.8 Å². The molecule has 2 fully saturated rings. The molecule has 0 atom stereocenters. The third kappa shape index (κ3) is 6.21. The minimum absolute atomic E-state index is 0. The Labute approximate surface area is 214 Å². The summed E-state index contributed by atoms with van der Waals surface area (Å²) in [6.45, 7) is 7.26. The third-order valence-corrected chi connectivity index (χ3v) is 6.59. The fourth-order valence-corrected chi connectivity index (χ4v) is 4.47. The molecule has 0 amide bonds. The molecule has 1 N–H and O–H groups in total. The van der Waals surface area contributed by atoms with Crippen LogP contribution in [0, 0.1) is 5.92 Å². The Kier molecular flexibility index (Phi) is 9.59. The quantitative estimate of drug-likeness (QED) is 0.549. The standard InChI is InChI=1S/C25H32N6O.2ClH/c1-29-12-14-30(15-13-29)22-2-4-23(5-3-22)31-18-21(16-28-31)24-8-11-27-17-25(24)32-19-20-6-9-26-10-7-20;;/h2-5,8,11,16-18,20,26H,6-7,9-10,12-15,19H2,1H3;2*1H. The number of hydrogen-bond donors (Lipinski definition) is 1. The first-order valence-electron chi connectivity index (χ1n) is 11.6. The average molecular weight is 505 g/mol. The summed E-state index contributed by atoms with van der Waals surface area (Å²) in [5.74, 6) is 1.43. The van der Waals surface area contributed by atoms with Crippen molar-refractivity contribution in [2.24, 2.45) is 5.92 Å². The maximum atomic E-state index is 6.20. The van der Waals surface area contributed by atoms with E-state index in [0.29, 0.717) is 5.92 Å². The van der Waals surface area contributed by atoms with Crippen LogP contribution in [0.4, 0.5) is 5.69 Å². The van der Waals surface area contributed by atoms with E-state index >= 15 is 0 Å². The molecular formula is C25H34Cl2N6O. The molecule has 4 heterocycles. The van der Waals surface area contributed by atoms with E-state index in [1.807, 2.05) is 29.3 Å². The van der Waals surface area contributed by atoms with Gasteiger partial charge in [-0.05, 0) is 69.2 Å². The van der Waals surface area contributed by atoms with Gasteiger partial charge in [0, 0.05) is 55.4 Å². The fourth-order valence-electron chi connectivity index (χ4n) is 4.47. The molecule has 0 unspecified atom stereocenters. The molecule has 5 rings (SSSR count). The van der Waals surface area contributed by atoms with Gasteiger partial charge in [-0.1, -0.05) is 0 Å². The molecule has 0 aliphatic carbocycles. The summed E-state index contributed by atoms with van der Waals surface area (Å²) in [6.07, 6.45) is 9.93. The maximum absolute atomic E-state index is 6.20. The van der Waals surface area contributed by atoms with Crippen LogP contribution < -0.4 is 15.0 Å². The van der Waals surface area contributed by atoms with Crippen LogP contribution in [-0.2, 0) is 0 Å². The van der Waals surface area contributed by atoms with E-state index in [0.717, 1.165) is 81.3 Å². The van der Waals surface area contributed by atoms with Crippen LogP contribution in [0.15, 0.2) is 55.1 Å². The van der Waals surface area contributed by atoms with E-state index in [1.165, 1.54) is 5.69 Å². The second kappa shape index (κ2) is 12.4. The third-order valence-electron chi connectivity index (χ3n) is 6.59. The zero-order valence-electron chi connectivity index (χ0n) is 19.6. The molecule has 0 bridgehead atoms. The lowest BCUT2D eigenvalue weighted by atomic mass is 9.99. The topological polar surface area (TPSA) is 58.5 Å². The van der Waals surface area contributed by atoms with Gasteiger partial charge in [0.1, 0.15) is 5.75 Å². The van der Waals surface area contributed by atoms with Gasteiger partial charge in [0.25, 0.3) is 0 Å². The molecular weight excluding hydrogens is 471 g/mol. The number of halogens is 2. The van der Waals surface area contributed by atoms with Gasteiger partial charge in [-0.25, -0.2) is 4.68 Å². The van der Waals surface area contributed by atoms with Crippen LogP contribution in [0.1, 0.15) is 12.8 Å². The molecule has 3 aromatic rings. The van der Waals surface area contributed by atoms with Crippen molar-refractivity contribution in [2.75, 3.05) is 57.8 Å². The Bertz CT molecular complexity index is 1010. The van der Waals surface area contributed by atoms with Crippen LogP contribution in [0.5, 0.6) is 5.75 Å². The lowest BCUT2D eigenvalue weighted by Gasteiger charge is -2.34. The summed E-state index contributed by atoms with van der Waals surface area (Å²) in [4.78, 5) is 9.11. The second-order valence-corrected chi connectivity index (χ2v) is 8.86. The summed E-state index contributed by atoms with van der Waals surface area (Å²) in [7, 11) is 2.18. The Morgan fingerprint density at radius 3 is 2.38 bits per heavy atom. The Morgan fingerprint density at radius 1 is 0.941 bits per heavy atom. The van der Waals surface area contributed by atoms with Crippen LogP contribution in [0.2, 0.25) is 0 Å². The van der Waals surface area contributed by atoms with Crippen molar-refractivity contribution in [3.63, 3.8) is 0 Å². The molecule has 1 aromatic carbocycles. The molecule has 7 nitrogen and oxygen atoms in total. The number of nitrogens with one attached hydrogen (secondary N) is 1. The van der Waals surface area contributed by atoms with Gasteiger partial charge in [0.2, 0.25) is 0 Å². The second-order valence-electron chi connectivity index (χ2n) is 8.86. The first-order chi connectivity index (χ1) is 15.8. The van der Waals surface area contributed by atoms with Crippen LogP contribution in [0.3, 0.4) is 0 Å². The summed E-state index contributed by atoms with van der Waals surface area (Å²) >= 11 is 0. The molecule has 2 aliphatic rings. The van der Waals surface area contributed by atoms with Gasteiger partial charge in [-0.3, -0.25) is 4.98 Å². The normalized spacial score (nSPS) is 17.0. The molecule has 2 saturated heterocycles. The fraction of sp³-hybridized carbons (Fsp3) is 0.440. The number of pyridine rings is 1. The number of aromatic nitrogens is 3. The zero-order chi connectivity index (χ0) is 21.8. The largest absolute Gasteiger partial charge is 0.491 e. The summed E-state index contributed by atoms with van der Waals surface area (Å²) in [5, 5.41) is 8.03. The molecule has 0 radical (unpaired) electrons. The van der Waals surface area contributed by atoms with Gasteiger partial charge in [0.15, 0.2) is 0 Å². The van der Waals surface area contributed by atoms with Gasteiger partial charge < -0.3 is 19.9 Å². The van der Waals surface area contributed by atoms with E-state index in [2.05, 4.69) is 62.7 Å². The molecule has 2 aromatic heterocycles. The maximum Gasteiger partial charge on any atom is 0.145 e. The van der Waals surface area contributed by atoms with E-state index < -0.39 is 0 Å². The number of likely N-dealkylation sites (N-methyl/N-ethyl adjacent to an activating group) is 1. The molecule has 0 saturated carbocycles. The summed E-state index contributed by atoms with van der Waals surface area (Å²) < 4.78 is 8.13. The monoisotopic (exact) mass is 504 g/mol. The molecule has 2 aliphatic heterocycles. The van der Waals surface area contributed by atoms with Gasteiger partial charge >= 0.3 is 0 Å². The summed E-state index contributed by atoms with van der Waals surface area (Å²) in [5.41, 5.74) is 4.41. The van der Waals surface area contributed by atoms with Crippen molar-refractivity contribution in [3.05, 3.63) is 55.1 Å². The highest BCUT2D eigenvalue weighted by atomic mass is 35.5.